The number of methoxy groups -OCH3 is 1. The number of aliphatic imine (C=N–C) groups is 2. The van der Waals surface area contributed by atoms with Gasteiger partial charge in [0.1, 0.15) is 11.6 Å². The second kappa shape index (κ2) is 13.3. The normalized spacial score (nSPS) is 17.2. The molecule has 10 heteroatoms. The van der Waals surface area contributed by atoms with Gasteiger partial charge in [-0.2, -0.15) is 0 Å². The van der Waals surface area contributed by atoms with E-state index in [0.29, 0.717) is 41.6 Å². The molecular weight excluding hydrogens is 487 g/mol. The molecule has 204 valence electrons. The predicted octanol–water partition coefficient (Wildman–Crippen LogP) is 3.96. The monoisotopic (exact) mass is 524 g/mol. The predicted molar refractivity (Wildman–Crippen MR) is 148 cm³/mol. The van der Waals surface area contributed by atoms with Crippen molar-refractivity contribution in [1.29, 1.82) is 0 Å². The second-order valence-corrected chi connectivity index (χ2v) is 9.49. The molecule has 0 saturated carbocycles. The van der Waals surface area contributed by atoms with Crippen LogP contribution in [0.25, 0.3) is 11.3 Å². The van der Waals surface area contributed by atoms with Crippen LogP contribution in [-0.4, -0.2) is 48.0 Å². The Labute approximate surface area is 223 Å². The molecule has 3 rings (SSSR count). The van der Waals surface area contributed by atoms with Crippen molar-refractivity contribution in [3.63, 3.8) is 0 Å². The minimum atomic E-state index is -0.434. The van der Waals surface area contributed by atoms with E-state index in [1.807, 2.05) is 33.8 Å². The summed E-state index contributed by atoms with van der Waals surface area (Å²) >= 11 is 0. The van der Waals surface area contributed by atoms with Crippen LogP contribution in [0.2, 0.25) is 0 Å². The van der Waals surface area contributed by atoms with Gasteiger partial charge >= 0.3 is 0 Å². The van der Waals surface area contributed by atoms with Gasteiger partial charge in [-0.05, 0) is 63.5 Å². The fourth-order valence-electron chi connectivity index (χ4n) is 3.97. The first-order valence-corrected chi connectivity index (χ1v) is 12.5. The number of aliphatic hydroxyl groups excluding tert-OH is 1. The van der Waals surface area contributed by atoms with Crippen molar-refractivity contribution in [2.24, 2.45) is 21.5 Å². The molecule has 0 fully saturated rings. The highest BCUT2D eigenvalue weighted by Gasteiger charge is 2.29. The number of nitrogens with zero attached hydrogens (tertiary/aromatic N) is 3. The maximum Gasteiger partial charge on any atom is 0.213 e. The number of rotatable bonds is 9. The molecule has 38 heavy (non-hydrogen) atoms. The number of aromatic nitrogens is 1. The SMILES string of the molecule is COc1cccc(-c2cc(F)ccc2C2C/C(=N/C(N)=C(C)C)C(=C(C)C)C(NOCCC(N)CO)=N2)n1. The number of hydrogen-bond donors (Lipinski definition) is 4. The zero-order chi connectivity index (χ0) is 27.8. The van der Waals surface area contributed by atoms with Crippen molar-refractivity contribution < 1.29 is 19.1 Å². The topological polar surface area (TPSA) is 140 Å². The third kappa shape index (κ3) is 7.25. The number of nitrogens with two attached hydrogens (primary N) is 2. The maximum absolute atomic E-state index is 14.5. The van der Waals surface area contributed by atoms with E-state index >= 15 is 0 Å². The Morgan fingerprint density at radius 1 is 1.24 bits per heavy atom. The van der Waals surface area contributed by atoms with Gasteiger partial charge in [-0.3, -0.25) is 9.83 Å². The largest absolute Gasteiger partial charge is 0.481 e. The van der Waals surface area contributed by atoms with Gasteiger partial charge in [-0.15, -0.1) is 0 Å². The lowest BCUT2D eigenvalue weighted by atomic mass is 9.88. The maximum atomic E-state index is 14.5. The third-order valence-corrected chi connectivity index (χ3v) is 6.04. The van der Waals surface area contributed by atoms with Crippen LogP contribution in [0.1, 0.15) is 52.1 Å². The third-order valence-electron chi connectivity index (χ3n) is 6.04. The Hall–Kier alpha value is -3.60. The molecule has 9 nitrogen and oxygen atoms in total. The van der Waals surface area contributed by atoms with E-state index in [-0.39, 0.29) is 25.1 Å². The van der Waals surface area contributed by atoms with E-state index in [1.54, 1.807) is 18.2 Å². The van der Waals surface area contributed by atoms with Crippen LogP contribution in [0.3, 0.4) is 0 Å². The molecule has 1 aliphatic rings. The first-order valence-electron chi connectivity index (χ1n) is 12.5. The Morgan fingerprint density at radius 2 is 2.00 bits per heavy atom. The highest BCUT2D eigenvalue weighted by atomic mass is 19.1. The smallest absolute Gasteiger partial charge is 0.213 e. The Bertz CT molecular complexity index is 1260. The number of allylic oxidation sites excluding steroid dienone is 2. The Balaban J connectivity index is 2.12. The molecule has 0 aliphatic carbocycles. The summed E-state index contributed by atoms with van der Waals surface area (Å²) in [6.07, 6.45) is 0.886. The van der Waals surface area contributed by atoms with Crippen LogP contribution in [0, 0.1) is 5.82 Å². The second-order valence-electron chi connectivity index (χ2n) is 9.49. The molecule has 0 saturated heterocycles. The van der Waals surface area contributed by atoms with Gasteiger partial charge in [0.2, 0.25) is 5.88 Å². The van der Waals surface area contributed by atoms with Crippen LogP contribution in [0.4, 0.5) is 4.39 Å². The zero-order valence-corrected chi connectivity index (χ0v) is 22.6. The summed E-state index contributed by atoms with van der Waals surface area (Å²) in [7, 11) is 1.53. The van der Waals surface area contributed by atoms with E-state index in [4.69, 9.17) is 31.0 Å². The van der Waals surface area contributed by atoms with Gasteiger partial charge in [0.25, 0.3) is 0 Å². The number of amidine groups is 1. The molecule has 0 radical (unpaired) electrons. The minimum Gasteiger partial charge on any atom is -0.481 e. The van der Waals surface area contributed by atoms with Gasteiger partial charge in [0.15, 0.2) is 5.84 Å². The first kappa shape index (κ1) is 29.0. The number of hydroxylamine groups is 1. The lowest BCUT2D eigenvalue weighted by Gasteiger charge is -2.28. The standard InChI is InChI=1S/C28H37FN6O3/c1-16(2)26-24(33-27(31)17(3)4)14-23(34-28(26)35-38-12-11-19(30)15-36)20-10-9-18(29)13-21(20)22-7-6-8-25(32-22)37-5/h6-10,13,19,23,36H,11-12,14-15,30-31H2,1-5H3,(H,34,35)/b33-24-. The van der Waals surface area contributed by atoms with Gasteiger partial charge < -0.3 is 21.3 Å². The van der Waals surface area contributed by atoms with Crippen molar-refractivity contribution in [1.82, 2.24) is 10.5 Å². The van der Waals surface area contributed by atoms with Crippen LogP contribution < -0.4 is 21.7 Å². The van der Waals surface area contributed by atoms with Crippen LogP contribution in [0.5, 0.6) is 5.88 Å². The number of nitrogens with one attached hydrogen (secondary N) is 1. The summed E-state index contributed by atoms with van der Waals surface area (Å²) in [5, 5.41) is 9.19. The summed E-state index contributed by atoms with van der Waals surface area (Å²) in [5.41, 5.74) is 20.3. The quantitative estimate of drug-likeness (QED) is 0.287. The van der Waals surface area contributed by atoms with Crippen molar-refractivity contribution in [2.45, 2.75) is 52.6 Å². The molecule has 0 amide bonds. The summed E-state index contributed by atoms with van der Waals surface area (Å²) in [6, 6.07) is 9.10. The molecule has 0 bridgehead atoms. The molecule has 1 aromatic heterocycles. The minimum absolute atomic E-state index is 0.129. The van der Waals surface area contributed by atoms with E-state index in [2.05, 4.69) is 10.5 Å². The van der Waals surface area contributed by atoms with Gasteiger partial charge in [-0.1, -0.05) is 17.7 Å². The lowest BCUT2D eigenvalue weighted by Crippen LogP contribution is -2.36. The number of ether oxygens (including phenoxy) is 1. The average Bonchev–Trinajstić information content (AvgIpc) is 2.90. The molecule has 2 unspecified atom stereocenters. The number of hydrogen-bond acceptors (Lipinski definition) is 9. The van der Waals surface area contributed by atoms with E-state index in [1.165, 1.54) is 19.2 Å². The molecule has 0 spiro atoms. The number of benzene rings is 1. The van der Waals surface area contributed by atoms with E-state index < -0.39 is 6.04 Å². The van der Waals surface area contributed by atoms with Crippen LogP contribution >= 0.6 is 0 Å². The lowest BCUT2D eigenvalue weighted by molar-refractivity contribution is 0.0747. The average molecular weight is 525 g/mol. The molecule has 2 aromatic rings. The molecular formula is C28H37FN6O3. The summed E-state index contributed by atoms with van der Waals surface area (Å²) < 4.78 is 19.7. The fraction of sp³-hybridized carbons (Fsp3) is 0.393. The molecule has 2 heterocycles. The molecule has 1 aliphatic heterocycles. The Kier molecular flexibility index (Phi) is 10.1. The highest BCUT2D eigenvalue weighted by molar-refractivity contribution is 6.25. The number of pyridine rings is 1. The van der Waals surface area contributed by atoms with Crippen molar-refractivity contribution >= 4 is 11.5 Å². The van der Waals surface area contributed by atoms with Crippen LogP contribution in [0.15, 0.2) is 68.9 Å². The van der Waals surface area contributed by atoms with Crippen molar-refractivity contribution in [3.05, 3.63) is 70.3 Å². The number of halogens is 1. The van der Waals surface area contributed by atoms with E-state index in [9.17, 15) is 9.50 Å². The van der Waals surface area contributed by atoms with Crippen molar-refractivity contribution in [2.75, 3.05) is 20.3 Å². The fourth-order valence-corrected chi connectivity index (χ4v) is 3.97. The molecule has 1 aromatic carbocycles. The van der Waals surface area contributed by atoms with Crippen LogP contribution in [-0.2, 0) is 4.84 Å². The van der Waals surface area contributed by atoms with Gasteiger partial charge in [0, 0.05) is 29.7 Å². The molecule has 2 atom stereocenters. The first-order chi connectivity index (χ1) is 18.1. The van der Waals surface area contributed by atoms with Crippen molar-refractivity contribution in [3.8, 4) is 17.1 Å². The van der Waals surface area contributed by atoms with Gasteiger partial charge in [0.05, 0.1) is 37.8 Å². The summed E-state index contributed by atoms with van der Waals surface area (Å²) in [6.45, 7) is 7.86. The zero-order valence-electron chi connectivity index (χ0n) is 22.6. The highest BCUT2D eigenvalue weighted by Crippen LogP contribution is 2.37. The number of aliphatic hydroxyl groups is 1. The van der Waals surface area contributed by atoms with E-state index in [0.717, 1.165) is 28.0 Å². The summed E-state index contributed by atoms with van der Waals surface area (Å²) in [4.78, 5) is 19.9. The Morgan fingerprint density at radius 3 is 2.66 bits per heavy atom. The van der Waals surface area contributed by atoms with Gasteiger partial charge in [-0.25, -0.2) is 19.8 Å². The summed E-state index contributed by atoms with van der Waals surface area (Å²) in [5.74, 6) is 0.935. The molecule has 6 N–H and O–H groups in total.